The summed E-state index contributed by atoms with van der Waals surface area (Å²) < 4.78 is 0. The SMILES string of the molecule is C=CC(=O)N(CC)CC(=O)N[C@H](Cc1ccsc1)B(C)O. The summed E-state index contributed by atoms with van der Waals surface area (Å²) in [6.07, 6.45) is 1.75. The van der Waals surface area contributed by atoms with E-state index in [0.717, 1.165) is 5.56 Å². The zero-order chi connectivity index (χ0) is 15.8. The number of rotatable bonds is 8. The van der Waals surface area contributed by atoms with Gasteiger partial charge < -0.3 is 15.2 Å². The summed E-state index contributed by atoms with van der Waals surface area (Å²) in [5.74, 6) is -0.933. The van der Waals surface area contributed by atoms with Gasteiger partial charge in [0, 0.05) is 12.5 Å². The first kappa shape index (κ1) is 17.5. The van der Waals surface area contributed by atoms with Crippen molar-refractivity contribution in [1.82, 2.24) is 10.2 Å². The highest BCUT2D eigenvalue weighted by Crippen LogP contribution is 2.09. The highest BCUT2D eigenvalue weighted by Gasteiger charge is 2.23. The first-order chi connectivity index (χ1) is 9.97. The quantitative estimate of drug-likeness (QED) is 0.555. The smallest absolute Gasteiger partial charge is 0.309 e. The molecule has 5 nitrogen and oxygen atoms in total. The largest absolute Gasteiger partial charge is 0.449 e. The van der Waals surface area contributed by atoms with Crippen LogP contribution < -0.4 is 5.32 Å². The molecule has 1 atom stereocenters. The Morgan fingerprint density at radius 3 is 2.81 bits per heavy atom. The molecule has 0 aliphatic rings. The van der Waals surface area contributed by atoms with E-state index in [-0.39, 0.29) is 24.3 Å². The van der Waals surface area contributed by atoms with Crippen LogP contribution in [0, 0.1) is 0 Å². The minimum absolute atomic E-state index is 0.0335. The molecule has 2 N–H and O–H groups in total. The van der Waals surface area contributed by atoms with Gasteiger partial charge in [-0.05, 0) is 41.8 Å². The summed E-state index contributed by atoms with van der Waals surface area (Å²) in [4.78, 5) is 25.0. The van der Waals surface area contributed by atoms with Crippen molar-refractivity contribution in [1.29, 1.82) is 0 Å². The van der Waals surface area contributed by atoms with E-state index in [1.54, 1.807) is 25.1 Å². The lowest BCUT2D eigenvalue weighted by Gasteiger charge is -2.23. The number of amides is 2. The zero-order valence-electron chi connectivity index (χ0n) is 12.4. The van der Waals surface area contributed by atoms with E-state index in [0.29, 0.717) is 13.0 Å². The molecule has 1 aromatic rings. The van der Waals surface area contributed by atoms with E-state index in [2.05, 4.69) is 11.9 Å². The Balaban J connectivity index is 2.60. The second-order valence-corrected chi connectivity index (χ2v) is 5.59. The first-order valence-electron chi connectivity index (χ1n) is 6.87. The van der Waals surface area contributed by atoms with Crippen molar-refractivity contribution in [3.63, 3.8) is 0 Å². The van der Waals surface area contributed by atoms with Gasteiger partial charge in [-0.15, -0.1) is 0 Å². The van der Waals surface area contributed by atoms with Crippen LogP contribution in [0.2, 0.25) is 6.82 Å². The summed E-state index contributed by atoms with van der Waals surface area (Å²) in [5.41, 5.74) is 1.07. The maximum Gasteiger partial charge on any atom is 0.309 e. The number of carbonyl (C=O) groups is 2. The molecular weight excluding hydrogens is 287 g/mol. The van der Waals surface area contributed by atoms with Crippen molar-refractivity contribution in [3.8, 4) is 0 Å². The summed E-state index contributed by atoms with van der Waals surface area (Å²) >= 11 is 1.58. The van der Waals surface area contributed by atoms with E-state index in [1.165, 1.54) is 11.0 Å². The number of likely N-dealkylation sites (N-methyl/N-ethyl adjacent to an activating group) is 1. The molecule has 1 rings (SSSR count). The topological polar surface area (TPSA) is 69.6 Å². The molecule has 0 bridgehead atoms. The third-order valence-electron chi connectivity index (χ3n) is 3.17. The number of carbonyl (C=O) groups excluding carboxylic acids is 2. The molecule has 0 fully saturated rings. The van der Waals surface area contributed by atoms with Gasteiger partial charge in [-0.2, -0.15) is 11.3 Å². The number of hydrogen-bond acceptors (Lipinski definition) is 4. The summed E-state index contributed by atoms with van der Waals surface area (Å²) in [5, 5.41) is 16.5. The highest BCUT2D eigenvalue weighted by molar-refractivity contribution is 7.07. The summed E-state index contributed by atoms with van der Waals surface area (Å²) in [6, 6.07) is 1.96. The van der Waals surface area contributed by atoms with Gasteiger partial charge in [0.1, 0.15) is 0 Å². The molecule has 2 amide bonds. The second kappa shape index (κ2) is 8.64. The first-order valence-corrected chi connectivity index (χ1v) is 7.82. The van der Waals surface area contributed by atoms with Gasteiger partial charge in [0.05, 0.1) is 6.54 Å². The molecule has 0 unspecified atom stereocenters. The fraction of sp³-hybridized carbons (Fsp3) is 0.429. The summed E-state index contributed by atoms with van der Waals surface area (Å²) in [7, 11) is 0. The van der Waals surface area contributed by atoms with Crippen LogP contribution in [0.4, 0.5) is 0 Å². The average molecular weight is 308 g/mol. The van der Waals surface area contributed by atoms with E-state index >= 15 is 0 Å². The number of hydrogen-bond donors (Lipinski definition) is 2. The van der Waals surface area contributed by atoms with Crippen LogP contribution in [0.5, 0.6) is 0 Å². The van der Waals surface area contributed by atoms with Crippen LogP contribution in [0.15, 0.2) is 29.5 Å². The molecule has 0 aromatic carbocycles. The van der Waals surface area contributed by atoms with Crippen molar-refractivity contribution in [2.24, 2.45) is 0 Å². The van der Waals surface area contributed by atoms with Crippen molar-refractivity contribution in [2.75, 3.05) is 13.1 Å². The van der Waals surface area contributed by atoms with E-state index < -0.39 is 6.92 Å². The molecule has 0 aliphatic carbocycles. The van der Waals surface area contributed by atoms with Gasteiger partial charge >= 0.3 is 6.92 Å². The van der Waals surface area contributed by atoms with Crippen molar-refractivity contribution in [3.05, 3.63) is 35.0 Å². The third-order valence-corrected chi connectivity index (χ3v) is 3.90. The second-order valence-electron chi connectivity index (χ2n) is 4.81. The Morgan fingerprint density at radius 2 is 2.33 bits per heavy atom. The fourth-order valence-corrected chi connectivity index (χ4v) is 2.59. The lowest BCUT2D eigenvalue weighted by Crippen LogP contribution is -2.50. The molecule has 114 valence electrons. The predicted molar refractivity (Wildman–Crippen MR) is 86.2 cm³/mol. The minimum atomic E-state index is -0.668. The molecule has 0 saturated heterocycles. The maximum absolute atomic E-state index is 12.0. The van der Waals surface area contributed by atoms with E-state index in [9.17, 15) is 14.6 Å². The minimum Gasteiger partial charge on any atom is -0.449 e. The molecule has 0 aliphatic heterocycles. The van der Waals surface area contributed by atoms with Crippen LogP contribution in [0.25, 0.3) is 0 Å². The number of nitrogens with zero attached hydrogens (tertiary/aromatic N) is 1. The van der Waals surface area contributed by atoms with Crippen LogP contribution in [0.1, 0.15) is 12.5 Å². The molecular formula is C14H21BN2O3S. The highest BCUT2D eigenvalue weighted by atomic mass is 32.1. The molecule has 7 heteroatoms. The Hall–Kier alpha value is -1.60. The van der Waals surface area contributed by atoms with Crippen LogP contribution in [-0.4, -0.2) is 47.7 Å². The van der Waals surface area contributed by atoms with Crippen LogP contribution in [-0.2, 0) is 16.0 Å². The monoisotopic (exact) mass is 308 g/mol. The Kier molecular flexibility index (Phi) is 7.18. The third kappa shape index (κ3) is 5.73. The lowest BCUT2D eigenvalue weighted by atomic mass is 9.61. The Bertz CT molecular complexity index is 477. The van der Waals surface area contributed by atoms with Crippen LogP contribution in [0.3, 0.4) is 0 Å². The molecule has 1 heterocycles. The zero-order valence-corrected chi connectivity index (χ0v) is 13.2. The average Bonchev–Trinajstić information content (AvgIpc) is 2.96. The Morgan fingerprint density at radius 1 is 1.62 bits per heavy atom. The lowest BCUT2D eigenvalue weighted by molar-refractivity contribution is -0.132. The van der Waals surface area contributed by atoms with Gasteiger partial charge in [0.15, 0.2) is 0 Å². The standard InChI is InChI=1S/C14H21BN2O3S/c1-4-14(19)17(5-2)9-13(18)16-12(15(3)20)8-11-6-7-21-10-11/h4,6-7,10,12,20H,1,5,8-9H2,2-3H3,(H,16,18)/t12-/m1/s1. The van der Waals surface area contributed by atoms with E-state index in [1.807, 2.05) is 16.8 Å². The molecule has 0 saturated carbocycles. The number of thiophene rings is 1. The predicted octanol–water partition coefficient (Wildman–Crippen LogP) is 0.963. The van der Waals surface area contributed by atoms with Crippen molar-refractivity contribution < 1.29 is 14.6 Å². The van der Waals surface area contributed by atoms with Gasteiger partial charge in [-0.3, -0.25) is 9.59 Å². The molecule has 1 aromatic heterocycles. The van der Waals surface area contributed by atoms with Gasteiger partial charge in [-0.25, -0.2) is 0 Å². The molecule has 0 spiro atoms. The maximum atomic E-state index is 12.0. The number of nitrogens with one attached hydrogen (secondary N) is 1. The van der Waals surface area contributed by atoms with Crippen LogP contribution >= 0.6 is 11.3 Å². The molecule has 21 heavy (non-hydrogen) atoms. The Labute approximate surface area is 129 Å². The van der Waals surface area contributed by atoms with Gasteiger partial charge in [0.2, 0.25) is 11.8 Å². The normalized spacial score (nSPS) is 11.6. The molecule has 0 radical (unpaired) electrons. The van der Waals surface area contributed by atoms with Gasteiger partial charge in [0.25, 0.3) is 0 Å². The van der Waals surface area contributed by atoms with E-state index in [4.69, 9.17) is 0 Å². The summed E-state index contributed by atoms with van der Waals surface area (Å²) in [6.45, 7) is 6.59. The van der Waals surface area contributed by atoms with Crippen molar-refractivity contribution >= 4 is 30.1 Å². The van der Waals surface area contributed by atoms with Crippen molar-refractivity contribution in [2.45, 2.75) is 26.1 Å². The fourth-order valence-electron chi connectivity index (χ4n) is 1.91. The van der Waals surface area contributed by atoms with Gasteiger partial charge in [-0.1, -0.05) is 13.4 Å².